The van der Waals surface area contributed by atoms with Crippen molar-refractivity contribution in [2.45, 2.75) is 20.3 Å². The summed E-state index contributed by atoms with van der Waals surface area (Å²) in [7, 11) is 0. The molecule has 0 aromatic rings. The lowest BCUT2D eigenvalue weighted by molar-refractivity contribution is -0.119. The average molecular weight is 145 g/mol. The highest BCUT2D eigenvalue weighted by Gasteiger charge is 1.98. The number of carbonyl (C=O) groups excluding carboxylic acids is 1. The second kappa shape index (κ2) is 5.23. The smallest absolute Gasteiger partial charge is 0.216 e. The van der Waals surface area contributed by atoms with Crippen LogP contribution in [0.2, 0.25) is 0 Å². The van der Waals surface area contributed by atoms with Crippen LogP contribution in [-0.4, -0.2) is 24.2 Å². The molecule has 0 aromatic heterocycles. The predicted molar refractivity (Wildman–Crippen MR) is 39.6 cm³/mol. The zero-order valence-electron chi connectivity index (χ0n) is 6.55. The molecule has 0 aromatic carbocycles. The van der Waals surface area contributed by atoms with E-state index in [0.29, 0.717) is 6.54 Å². The molecule has 0 aliphatic heterocycles. The summed E-state index contributed by atoms with van der Waals surface area (Å²) < 4.78 is 0. The molecule has 3 heteroatoms. The van der Waals surface area contributed by atoms with E-state index in [1.807, 2.05) is 6.92 Å². The highest BCUT2D eigenvalue weighted by atomic mass is 16.3. The van der Waals surface area contributed by atoms with Gasteiger partial charge in [0.25, 0.3) is 0 Å². The van der Waals surface area contributed by atoms with Crippen molar-refractivity contribution in [3.63, 3.8) is 0 Å². The molecule has 0 saturated carbocycles. The minimum absolute atomic E-state index is 0.00913. The number of carbonyl (C=O) groups is 1. The quantitative estimate of drug-likeness (QED) is 0.591. The number of hydrogen-bond donors (Lipinski definition) is 2. The Balaban J connectivity index is 3.11. The molecule has 1 unspecified atom stereocenters. The zero-order valence-corrected chi connectivity index (χ0v) is 6.55. The summed E-state index contributed by atoms with van der Waals surface area (Å²) in [5.74, 6) is 0.275. The Morgan fingerprint density at radius 1 is 1.70 bits per heavy atom. The monoisotopic (exact) mass is 145 g/mol. The lowest BCUT2D eigenvalue weighted by atomic mass is 10.1. The summed E-state index contributed by atoms with van der Waals surface area (Å²) in [6.07, 6.45) is 0.843. The maximum atomic E-state index is 10.3. The highest BCUT2D eigenvalue weighted by molar-refractivity contribution is 5.72. The van der Waals surface area contributed by atoms with E-state index in [-0.39, 0.29) is 18.4 Å². The van der Waals surface area contributed by atoms with Crippen molar-refractivity contribution in [1.29, 1.82) is 0 Å². The van der Waals surface area contributed by atoms with Crippen LogP contribution in [0.5, 0.6) is 0 Å². The molecule has 0 spiro atoms. The molecule has 10 heavy (non-hydrogen) atoms. The maximum Gasteiger partial charge on any atom is 0.216 e. The minimum atomic E-state index is -0.00913. The molecular weight excluding hydrogens is 130 g/mol. The van der Waals surface area contributed by atoms with Crippen molar-refractivity contribution in [3.05, 3.63) is 0 Å². The predicted octanol–water partition coefficient (Wildman–Crippen LogP) is 0.141. The fourth-order valence-electron chi connectivity index (χ4n) is 0.586. The van der Waals surface area contributed by atoms with Crippen molar-refractivity contribution in [2.75, 3.05) is 13.2 Å². The molecule has 1 atom stereocenters. The van der Waals surface area contributed by atoms with Crippen LogP contribution in [0.1, 0.15) is 20.3 Å². The molecule has 60 valence electrons. The van der Waals surface area contributed by atoms with Gasteiger partial charge in [0.1, 0.15) is 0 Å². The second-order valence-electron chi connectivity index (χ2n) is 2.56. The first-order valence-electron chi connectivity index (χ1n) is 3.52. The van der Waals surface area contributed by atoms with Crippen LogP contribution in [-0.2, 0) is 4.79 Å². The van der Waals surface area contributed by atoms with E-state index >= 15 is 0 Å². The van der Waals surface area contributed by atoms with Crippen LogP contribution in [0.15, 0.2) is 0 Å². The van der Waals surface area contributed by atoms with Crippen molar-refractivity contribution in [3.8, 4) is 0 Å². The SMILES string of the molecule is CC(=O)NCCC(C)CO. The number of rotatable bonds is 4. The zero-order chi connectivity index (χ0) is 7.98. The van der Waals surface area contributed by atoms with Crippen LogP contribution >= 0.6 is 0 Å². The third-order valence-electron chi connectivity index (χ3n) is 1.32. The summed E-state index contributed by atoms with van der Waals surface area (Å²) in [5.41, 5.74) is 0. The van der Waals surface area contributed by atoms with Crippen LogP contribution in [0.25, 0.3) is 0 Å². The Bertz CT molecular complexity index is 104. The first-order valence-corrected chi connectivity index (χ1v) is 3.52. The number of aliphatic hydroxyl groups excluding tert-OH is 1. The van der Waals surface area contributed by atoms with Gasteiger partial charge in [0.2, 0.25) is 5.91 Å². The summed E-state index contributed by atoms with van der Waals surface area (Å²) in [4.78, 5) is 10.3. The van der Waals surface area contributed by atoms with Gasteiger partial charge in [-0.25, -0.2) is 0 Å². The van der Waals surface area contributed by atoms with E-state index < -0.39 is 0 Å². The molecule has 2 N–H and O–H groups in total. The van der Waals surface area contributed by atoms with Gasteiger partial charge in [-0.05, 0) is 12.3 Å². The summed E-state index contributed by atoms with van der Waals surface area (Å²) >= 11 is 0. The molecule has 0 saturated heterocycles. The summed E-state index contributed by atoms with van der Waals surface area (Å²) in [5, 5.41) is 11.2. The molecule has 0 fully saturated rings. The van der Waals surface area contributed by atoms with Crippen LogP contribution in [0.4, 0.5) is 0 Å². The molecule has 0 aliphatic rings. The second-order valence-corrected chi connectivity index (χ2v) is 2.56. The summed E-state index contributed by atoms with van der Waals surface area (Å²) in [6, 6.07) is 0. The van der Waals surface area contributed by atoms with Crippen molar-refractivity contribution >= 4 is 5.91 Å². The average Bonchev–Trinajstić information content (AvgIpc) is 1.87. The molecule has 0 heterocycles. The third kappa shape index (κ3) is 5.56. The Morgan fingerprint density at radius 3 is 2.70 bits per heavy atom. The Labute approximate surface area is 61.4 Å². The molecule has 0 rings (SSSR count). The fourth-order valence-corrected chi connectivity index (χ4v) is 0.586. The van der Waals surface area contributed by atoms with E-state index in [2.05, 4.69) is 5.32 Å². The molecule has 0 aliphatic carbocycles. The third-order valence-corrected chi connectivity index (χ3v) is 1.32. The Hall–Kier alpha value is -0.570. The number of nitrogens with one attached hydrogen (secondary N) is 1. The standard InChI is InChI=1S/C7H15NO2/c1-6(5-9)3-4-8-7(2)10/h6,9H,3-5H2,1-2H3,(H,8,10). The van der Waals surface area contributed by atoms with Gasteiger partial charge in [0.05, 0.1) is 0 Å². The molecule has 1 amide bonds. The van der Waals surface area contributed by atoms with Gasteiger partial charge in [-0.2, -0.15) is 0 Å². The number of amides is 1. The highest BCUT2D eigenvalue weighted by Crippen LogP contribution is 1.96. The van der Waals surface area contributed by atoms with Gasteiger partial charge in [0.15, 0.2) is 0 Å². The van der Waals surface area contributed by atoms with Crippen LogP contribution < -0.4 is 5.32 Å². The van der Waals surface area contributed by atoms with E-state index in [1.54, 1.807) is 0 Å². The van der Waals surface area contributed by atoms with Gasteiger partial charge in [-0.1, -0.05) is 6.92 Å². The lowest BCUT2D eigenvalue weighted by Gasteiger charge is -2.06. The van der Waals surface area contributed by atoms with E-state index in [4.69, 9.17) is 5.11 Å². The van der Waals surface area contributed by atoms with Gasteiger partial charge >= 0.3 is 0 Å². The fraction of sp³-hybridized carbons (Fsp3) is 0.857. The normalized spacial score (nSPS) is 12.7. The van der Waals surface area contributed by atoms with Crippen molar-refractivity contribution < 1.29 is 9.90 Å². The van der Waals surface area contributed by atoms with E-state index in [0.717, 1.165) is 6.42 Å². The number of aliphatic hydroxyl groups is 1. The van der Waals surface area contributed by atoms with Crippen molar-refractivity contribution in [1.82, 2.24) is 5.32 Å². The topological polar surface area (TPSA) is 49.3 Å². The van der Waals surface area contributed by atoms with Gasteiger partial charge in [-0.15, -0.1) is 0 Å². The van der Waals surface area contributed by atoms with Crippen LogP contribution in [0, 0.1) is 5.92 Å². The Kier molecular flexibility index (Phi) is 4.94. The first-order chi connectivity index (χ1) is 4.66. The van der Waals surface area contributed by atoms with Gasteiger partial charge < -0.3 is 10.4 Å². The first kappa shape index (κ1) is 9.43. The molecule has 0 radical (unpaired) electrons. The van der Waals surface area contributed by atoms with Crippen LogP contribution in [0.3, 0.4) is 0 Å². The van der Waals surface area contributed by atoms with Gasteiger partial charge in [-0.3, -0.25) is 4.79 Å². The molecule has 3 nitrogen and oxygen atoms in total. The maximum absolute atomic E-state index is 10.3. The lowest BCUT2D eigenvalue weighted by Crippen LogP contribution is -2.23. The van der Waals surface area contributed by atoms with E-state index in [9.17, 15) is 4.79 Å². The summed E-state index contributed by atoms with van der Waals surface area (Å²) in [6.45, 7) is 4.29. The van der Waals surface area contributed by atoms with Crippen molar-refractivity contribution in [2.24, 2.45) is 5.92 Å². The number of hydrogen-bond acceptors (Lipinski definition) is 2. The largest absolute Gasteiger partial charge is 0.396 e. The van der Waals surface area contributed by atoms with Gasteiger partial charge in [0, 0.05) is 20.1 Å². The Morgan fingerprint density at radius 2 is 2.30 bits per heavy atom. The van der Waals surface area contributed by atoms with E-state index in [1.165, 1.54) is 6.92 Å². The molecular formula is C7H15NO2. The minimum Gasteiger partial charge on any atom is -0.396 e. The molecule has 0 bridgehead atoms.